The lowest BCUT2D eigenvalue weighted by Gasteiger charge is -2.33. The van der Waals surface area contributed by atoms with E-state index in [0.717, 1.165) is 55.7 Å². The van der Waals surface area contributed by atoms with Crippen LogP contribution in [-0.2, 0) is 17.8 Å². The van der Waals surface area contributed by atoms with E-state index in [9.17, 15) is 9.59 Å². The maximum absolute atomic E-state index is 13.1. The summed E-state index contributed by atoms with van der Waals surface area (Å²) in [6, 6.07) is 2.43. The monoisotopic (exact) mass is 399 g/mol. The molecule has 2 aliphatic rings. The van der Waals surface area contributed by atoms with Crippen LogP contribution >= 0.6 is 0 Å². The largest absolute Gasteiger partial charge is 0.342 e. The normalized spacial score (nSPS) is 21.6. The number of carbonyl (C=O) groups is 1. The predicted molar refractivity (Wildman–Crippen MR) is 113 cm³/mol. The predicted octanol–water partition coefficient (Wildman–Crippen LogP) is 2.54. The molecule has 7 heteroatoms. The molecule has 0 saturated carbocycles. The summed E-state index contributed by atoms with van der Waals surface area (Å²) >= 11 is 0. The molecular formula is C22H33N5O2. The average molecular weight is 400 g/mol. The van der Waals surface area contributed by atoms with Crippen molar-refractivity contribution in [1.29, 1.82) is 0 Å². The Kier molecular flexibility index (Phi) is 5.51. The average Bonchev–Trinajstić information content (AvgIpc) is 3.17. The van der Waals surface area contributed by atoms with Crippen LogP contribution in [0.2, 0.25) is 0 Å². The number of hydrogen-bond acceptors (Lipinski definition) is 4. The molecule has 1 N–H and O–H groups in total. The Balaban J connectivity index is 1.62. The number of carbonyl (C=O) groups excluding carboxylic acids is 1. The minimum atomic E-state index is 0.0185. The van der Waals surface area contributed by atoms with E-state index < -0.39 is 0 Å². The summed E-state index contributed by atoms with van der Waals surface area (Å²) in [5.41, 5.74) is 3.49. The van der Waals surface area contributed by atoms with E-state index in [-0.39, 0.29) is 23.3 Å². The van der Waals surface area contributed by atoms with E-state index >= 15 is 0 Å². The van der Waals surface area contributed by atoms with Crippen molar-refractivity contribution >= 4 is 11.6 Å². The first-order valence-electron chi connectivity index (χ1n) is 11.0. The first-order chi connectivity index (χ1) is 13.9. The molecule has 2 aromatic rings. The van der Waals surface area contributed by atoms with E-state index in [1.807, 2.05) is 17.9 Å². The number of fused-ring (bicyclic) bond motifs is 2. The standard InChI is InChI=1S/C22H33N5O2/c1-5-15(4)21(28)26-9-6-7-16(12-26)19-11-20-23-18-8-10-25(14(2)3)13-17(18)22(29)27(20)24-19/h11,14-16,24H,5-10,12-13H2,1-4H3. The number of likely N-dealkylation sites (tertiary alicyclic amines) is 1. The van der Waals surface area contributed by atoms with Crippen LogP contribution in [0.1, 0.15) is 69.8 Å². The summed E-state index contributed by atoms with van der Waals surface area (Å²) in [6.45, 7) is 11.5. The fourth-order valence-electron chi connectivity index (χ4n) is 4.59. The zero-order valence-corrected chi connectivity index (χ0v) is 18.1. The second-order valence-corrected chi connectivity index (χ2v) is 8.99. The Morgan fingerprint density at radius 3 is 2.83 bits per heavy atom. The maximum Gasteiger partial charge on any atom is 0.277 e. The van der Waals surface area contributed by atoms with Crippen molar-refractivity contribution in [1.82, 2.24) is 24.4 Å². The Labute approximate surface area is 172 Å². The number of H-pyrrole nitrogens is 1. The molecule has 0 bridgehead atoms. The van der Waals surface area contributed by atoms with Crippen LogP contribution in [0.15, 0.2) is 10.9 Å². The lowest BCUT2D eigenvalue weighted by atomic mass is 9.93. The van der Waals surface area contributed by atoms with Gasteiger partial charge in [0.05, 0.1) is 11.3 Å². The molecule has 1 amide bonds. The summed E-state index contributed by atoms with van der Waals surface area (Å²) in [4.78, 5) is 34.9. The number of aromatic amines is 1. The van der Waals surface area contributed by atoms with Gasteiger partial charge in [0.1, 0.15) is 0 Å². The van der Waals surface area contributed by atoms with Crippen LogP contribution in [0, 0.1) is 5.92 Å². The van der Waals surface area contributed by atoms with Gasteiger partial charge < -0.3 is 4.90 Å². The number of hydrogen-bond donors (Lipinski definition) is 1. The van der Waals surface area contributed by atoms with Gasteiger partial charge in [-0.1, -0.05) is 13.8 Å². The lowest BCUT2D eigenvalue weighted by molar-refractivity contribution is -0.136. The fourth-order valence-corrected chi connectivity index (χ4v) is 4.59. The molecule has 0 radical (unpaired) electrons. The zero-order valence-electron chi connectivity index (χ0n) is 18.1. The molecule has 4 rings (SSSR count). The van der Waals surface area contributed by atoms with Gasteiger partial charge in [-0.15, -0.1) is 0 Å². The lowest BCUT2D eigenvalue weighted by Crippen LogP contribution is -2.41. The van der Waals surface area contributed by atoms with Gasteiger partial charge in [0.2, 0.25) is 5.91 Å². The van der Waals surface area contributed by atoms with Gasteiger partial charge in [-0.2, -0.15) is 0 Å². The minimum Gasteiger partial charge on any atom is -0.342 e. The topological polar surface area (TPSA) is 73.7 Å². The van der Waals surface area contributed by atoms with Crippen LogP contribution in [0.4, 0.5) is 0 Å². The number of piperidine rings is 1. The van der Waals surface area contributed by atoms with Crippen molar-refractivity contribution in [2.45, 2.75) is 71.9 Å². The number of nitrogens with zero attached hydrogens (tertiary/aromatic N) is 4. The van der Waals surface area contributed by atoms with Gasteiger partial charge >= 0.3 is 0 Å². The highest BCUT2D eigenvalue weighted by atomic mass is 16.2. The number of rotatable bonds is 4. The molecule has 2 aromatic heterocycles. The van der Waals surface area contributed by atoms with Gasteiger partial charge in [0, 0.05) is 62.2 Å². The molecule has 2 aliphatic heterocycles. The van der Waals surface area contributed by atoms with E-state index in [0.29, 0.717) is 24.8 Å². The van der Waals surface area contributed by atoms with E-state index in [1.54, 1.807) is 4.52 Å². The molecule has 4 heterocycles. The first-order valence-corrected chi connectivity index (χ1v) is 11.0. The molecule has 158 valence electrons. The van der Waals surface area contributed by atoms with Gasteiger partial charge in [-0.05, 0) is 33.1 Å². The Bertz CT molecular complexity index is 960. The number of amides is 1. The highest BCUT2D eigenvalue weighted by Crippen LogP contribution is 2.28. The number of aromatic nitrogens is 3. The van der Waals surface area contributed by atoms with Crippen molar-refractivity contribution in [3.63, 3.8) is 0 Å². The molecule has 0 aromatic carbocycles. The molecule has 29 heavy (non-hydrogen) atoms. The Morgan fingerprint density at radius 1 is 1.31 bits per heavy atom. The molecule has 1 saturated heterocycles. The quantitative estimate of drug-likeness (QED) is 0.857. The first kappa shape index (κ1) is 20.1. The summed E-state index contributed by atoms with van der Waals surface area (Å²) in [5.74, 6) is 0.534. The van der Waals surface area contributed by atoms with Crippen molar-refractivity contribution in [3.8, 4) is 0 Å². The van der Waals surface area contributed by atoms with Gasteiger partial charge in [-0.25, -0.2) is 9.50 Å². The third-order valence-corrected chi connectivity index (χ3v) is 6.75. The van der Waals surface area contributed by atoms with Crippen molar-refractivity contribution in [3.05, 3.63) is 33.4 Å². The Hall–Kier alpha value is -2.15. The summed E-state index contributed by atoms with van der Waals surface area (Å²) in [5, 5.41) is 3.32. The maximum atomic E-state index is 13.1. The molecule has 7 nitrogen and oxygen atoms in total. The zero-order chi connectivity index (χ0) is 20.7. The van der Waals surface area contributed by atoms with Crippen molar-refractivity contribution < 1.29 is 4.79 Å². The van der Waals surface area contributed by atoms with Crippen LogP contribution in [0.3, 0.4) is 0 Å². The van der Waals surface area contributed by atoms with Gasteiger partial charge in [0.25, 0.3) is 5.56 Å². The number of nitrogens with one attached hydrogen (secondary N) is 1. The third kappa shape index (κ3) is 3.72. The van der Waals surface area contributed by atoms with E-state index in [4.69, 9.17) is 4.98 Å². The summed E-state index contributed by atoms with van der Waals surface area (Å²) in [7, 11) is 0. The molecule has 2 unspecified atom stereocenters. The second kappa shape index (κ2) is 7.94. The molecule has 0 spiro atoms. The highest BCUT2D eigenvalue weighted by molar-refractivity contribution is 5.78. The van der Waals surface area contributed by atoms with Crippen LogP contribution < -0.4 is 5.56 Å². The summed E-state index contributed by atoms with van der Waals surface area (Å²) in [6.07, 6.45) is 3.70. The van der Waals surface area contributed by atoms with Gasteiger partial charge in [0.15, 0.2) is 5.65 Å². The SMILES string of the molecule is CCC(C)C(=O)N1CCCC(c2cc3nc4c(c(=O)n3[nH]2)CN(C(C)C)CC4)C1. The molecule has 1 fully saturated rings. The molecule has 0 aliphatic carbocycles. The summed E-state index contributed by atoms with van der Waals surface area (Å²) < 4.78 is 1.60. The van der Waals surface area contributed by atoms with Crippen LogP contribution in [0.5, 0.6) is 0 Å². The fraction of sp³-hybridized carbons (Fsp3) is 0.682. The third-order valence-electron chi connectivity index (χ3n) is 6.75. The van der Waals surface area contributed by atoms with Gasteiger partial charge in [-0.3, -0.25) is 19.6 Å². The Morgan fingerprint density at radius 2 is 2.10 bits per heavy atom. The second-order valence-electron chi connectivity index (χ2n) is 8.99. The van der Waals surface area contributed by atoms with E-state index in [1.165, 1.54) is 0 Å². The van der Waals surface area contributed by atoms with Crippen molar-refractivity contribution in [2.24, 2.45) is 5.92 Å². The highest BCUT2D eigenvalue weighted by Gasteiger charge is 2.29. The van der Waals surface area contributed by atoms with Crippen LogP contribution in [0.25, 0.3) is 5.65 Å². The molecular weight excluding hydrogens is 366 g/mol. The van der Waals surface area contributed by atoms with Crippen LogP contribution in [-0.4, -0.2) is 56.0 Å². The smallest absolute Gasteiger partial charge is 0.277 e. The van der Waals surface area contributed by atoms with E-state index in [2.05, 4.69) is 30.8 Å². The minimum absolute atomic E-state index is 0.0185. The van der Waals surface area contributed by atoms with Crippen molar-refractivity contribution in [2.75, 3.05) is 19.6 Å². The molecule has 2 atom stereocenters.